The third kappa shape index (κ3) is 2.07. The monoisotopic (exact) mass is 278 g/mol. The van der Waals surface area contributed by atoms with Crippen LogP contribution in [-0.2, 0) is 14.3 Å². The predicted octanol–water partition coefficient (Wildman–Crippen LogP) is 2.58. The third-order valence-corrected chi connectivity index (χ3v) is 5.00. The molecular formula is C11H19BrO3. The molecule has 0 aromatic carbocycles. The van der Waals surface area contributed by atoms with Crippen LogP contribution in [0.3, 0.4) is 0 Å². The summed E-state index contributed by atoms with van der Waals surface area (Å²) in [6.07, 6.45) is 0.0506. The van der Waals surface area contributed by atoms with Crippen LogP contribution < -0.4 is 0 Å². The normalized spacial score (nSPS) is 46.3. The van der Waals surface area contributed by atoms with Crippen LogP contribution in [0.5, 0.6) is 0 Å². The Morgan fingerprint density at radius 2 is 1.80 bits per heavy atom. The van der Waals surface area contributed by atoms with Gasteiger partial charge in [-0.1, -0.05) is 20.8 Å². The summed E-state index contributed by atoms with van der Waals surface area (Å²) in [4.78, 5) is 11.7. The molecular weight excluding hydrogens is 260 g/mol. The smallest absolute Gasteiger partial charge is 0.349 e. The van der Waals surface area contributed by atoms with E-state index in [1.807, 2.05) is 13.8 Å². The van der Waals surface area contributed by atoms with Gasteiger partial charge in [0.2, 0.25) is 4.51 Å². The first-order valence-electron chi connectivity index (χ1n) is 5.29. The van der Waals surface area contributed by atoms with Gasteiger partial charge in [-0.25, -0.2) is 4.79 Å². The number of carbonyl (C=O) groups excluding carboxylic acids is 1. The van der Waals surface area contributed by atoms with Crippen LogP contribution in [-0.4, -0.2) is 23.7 Å². The lowest BCUT2D eigenvalue weighted by molar-refractivity contribution is -0.187. The van der Waals surface area contributed by atoms with E-state index in [0.717, 1.165) is 0 Å². The maximum absolute atomic E-state index is 11.7. The quantitative estimate of drug-likeness (QED) is 0.546. The van der Waals surface area contributed by atoms with Crippen LogP contribution in [0.15, 0.2) is 0 Å². The van der Waals surface area contributed by atoms with E-state index in [-0.39, 0.29) is 18.0 Å². The Labute approximate surface area is 99.6 Å². The van der Waals surface area contributed by atoms with E-state index in [4.69, 9.17) is 9.47 Å². The van der Waals surface area contributed by atoms with Gasteiger partial charge in [0.05, 0.1) is 13.2 Å². The van der Waals surface area contributed by atoms with Crippen LogP contribution in [0.1, 0.15) is 27.7 Å². The minimum Gasteiger partial charge on any atom is -0.466 e. The minimum atomic E-state index is -0.979. The zero-order chi connectivity index (χ0) is 11.8. The van der Waals surface area contributed by atoms with E-state index in [2.05, 4.69) is 29.8 Å². The van der Waals surface area contributed by atoms with Crippen molar-refractivity contribution in [2.75, 3.05) is 7.11 Å². The Kier molecular flexibility index (Phi) is 3.82. The summed E-state index contributed by atoms with van der Waals surface area (Å²) in [5.41, 5.74) is 0. The molecule has 0 aromatic rings. The molecule has 88 valence electrons. The zero-order valence-corrected chi connectivity index (χ0v) is 11.5. The minimum absolute atomic E-state index is 0.0506. The van der Waals surface area contributed by atoms with Crippen molar-refractivity contribution in [3.63, 3.8) is 0 Å². The van der Waals surface area contributed by atoms with E-state index < -0.39 is 4.51 Å². The van der Waals surface area contributed by atoms with Crippen molar-refractivity contribution < 1.29 is 14.3 Å². The van der Waals surface area contributed by atoms with Crippen molar-refractivity contribution in [1.82, 2.24) is 0 Å². The largest absolute Gasteiger partial charge is 0.466 e. The molecule has 1 heterocycles. The number of ether oxygens (including phenoxy) is 2. The fraction of sp³-hybridized carbons (Fsp3) is 0.909. The van der Waals surface area contributed by atoms with Gasteiger partial charge in [0.25, 0.3) is 0 Å². The Hall–Kier alpha value is -0.0900. The van der Waals surface area contributed by atoms with Crippen LogP contribution in [0, 0.1) is 17.8 Å². The molecule has 0 bridgehead atoms. The van der Waals surface area contributed by atoms with E-state index in [0.29, 0.717) is 11.8 Å². The molecule has 1 rings (SSSR count). The summed E-state index contributed by atoms with van der Waals surface area (Å²) in [6, 6.07) is 0. The number of rotatable bonds is 1. The van der Waals surface area contributed by atoms with Crippen LogP contribution >= 0.6 is 15.9 Å². The molecule has 1 saturated heterocycles. The van der Waals surface area contributed by atoms with Crippen molar-refractivity contribution in [3.8, 4) is 0 Å². The Morgan fingerprint density at radius 3 is 2.27 bits per heavy atom. The summed E-state index contributed by atoms with van der Waals surface area (Å²) in [7, 11) is 1.38. The molecule has 0 radical (unpaired) electrons. The number of hydrogen-bond donors (Lipinski definition) is 0. The number of hydrogen-bond acceptors (Lipinski definition) is 3. The number of alkyl halides is 1. The molecule has 3 nitrogen and oxygen atoms in total. The van der Waals surface area contributed by atoms with Crippen molar-refractivity contribution in [1.29, 1.82) is 0 Å². The highest BCUT2D eigenvalue weighted by molar-refractivity contribution is 9.10. The summed E-state index contributed by atoms with van der Waals surface area (Å²) in [5, 5.41) is 0. The lowest BCUT2D eigenvalue weighted by atomic mass is 9.77. The Balaban J connectivity index is 2.96. The lowest BCUT2D eigenvalue weighted by Crippen LogP contribution is -2.54. The van der Waals surface area contributed by atoms with Crippen LogP contribution in [0.4, 0.5) is 0 Å². The second kappa shape index (κ2) is 4.42. The summed E-state index contributed by atoms with van der Waals surface area (Å²) in [6.45, 7) is 8.30. The van der Waals surface area contributed by atoms with Gasteiger partial charge in [-0.3, -0.25) is 0 Å². The average molecular weight is 279 g/mol. The first-order valence-corrected chi connectivity index (χ1v) is 6.09. The van der Waals surface area contributed by atoms with E-state index in [9.17, 15) is 4.79 Å². The van der Waals surface area contributed by atoms with Crippen molar-refractivity contribution >= 4 is 21.9 Å². The van der Waals surface area contributed by atoms with Gasteiger partial charge in [-0.05, 0) is 34.7 Å². The van der Waals surface area contributed by atoms with Gasteiger partial charge in [0, 0.05) is 5.92 Å². The van der Waals surface area contributed by atoms with Crippen molar-refractivity contribution in [2.45, 2.75) is 38.3 Å². The van der Waals surface area contributed by atoms with Gasteiger partial charge in [-0.15, -0.1) is 0 Å². The van der Waals surface area contributed by atoms with E-state index in [1.54, 1.807) is 0 Å². The molecule has 0 spiro atoms. The van der Waals surface area contributed by atoms with E-state index >= 15 is 0 Å². The molecule has 0 aromatic heterocycles. The molecule has 1 aliphatic heterocycles. The third-order valence-electron chi connectivity index (χ3n) is 3.77. The molecule has 0 N–H and O–H groups in total. The molecule has 0 amide bonds. The number of carbonyl (C=O) groups is 1. The first-order chi connectivity index (χ1) is 6.84. The van der Waals surface area contributed by atoms with E-state index in [1.165, 1.54) is 7.11 Å². The molecule has 0 saturated carbocycles. The number of methoxy groups -OCH3 is 1. The van der Waals surface area contributed by atoms with Gasteiger partial charge in [0.15, 0.2) is 0 Å². The van der Waals surface area contributed by atoms with Gasteiger partial charge in [-0.2, -0.15) is 0 Å². The molecule has 4 heteroatoms. The maximum Gasteiger partial charge on any atom is 0.349 e. The fourth-order valence-corrected chi connectivity index (χ4v) is 2.95. The predicted molar refractivity (Wildman–Crippen MR) is 61.7 cm³/mol. The van der Waals surface area contributed by atoms with Gasteiger partial charge in [0.1, 0.15) is 0 Å². The average Bonchev–Trinajstić information content (AvgIpc) is 2.22. The Morgan fingerprint density at radius 1 is 1.27 bits per heavy atom. The number of halogens is 1. The zero-order valence-electron chi connectivity index (χ0n) is 9.91. The van der Waals surface area contributed by atoms with Crippen LogP contribution in [0.25, 0.3) is 0 Å². The highest BCUT2D eigenvalue weighted by Crippen LogP contribution is 2.45. The second-order valence-corrected chi connectivity index (χ2v) is 5.64. The molecule has 0 aliphatic carbocycles. The topological polar surface area (TPSA) is 35.5 Å². The van der Waals surface area contributed by atoms with Crippen molar-refractivity contribution in [2.24, 2.45) is 17.8 Å². The fourth-order valence-electron chi connectivity index (χ4n) is 2.08. The second-order valence-electron chi connectivity index (χ2n) is 4.47. The molecule has 5 atom stereocenters. The van der Waals surface area contributed by atoms with Gasteiger partial charge < -0.3 is 9.47 Å². The highest BCUT2D eigenvalue weighted by atomic mass is 79.9. The first kappa shape index (κ1) is 13.0. The molecule has 15 heavy (non-hydrogen) atoms. The summed E-state index contributed by atoms with van der Waals surface area (Å²) in [5.74, 6) is 0.597. The van der Waals surface area contributed by atoms with Crippen molar-refractivity contribution in [3.05, 3.63) is 0 Å². The summed E-state index contributed by atoms with van der Waals surface area (Å²) < 4.78 is 9.57. The lowest BCUT2D eigenvalue weighted by Gasteiger charge is -2.46. The molecule has 1 fully saturated rings. The Bertz CT molecular complexity index is 256. The highest BCUT2D eigenvalue weighted by Gasteiger charge is 2.52. The molecule has 1 aliphatic rings. The number of esters is 1. The molecule has 0 unspecified atom stereocenters. The van der Waals surface area contributed by atoms with Gasteiger partial charge >= 0.3 is 5.97 Å². The summed E-state index contributed by atoms with van der Waals surface area (Å²) >= 11 is 3.40. The van der Waals surface area contributed by atoms with Crippen LogP contribution in [0.2, 0.25) is 0 Å². The standard InChI is InChI=1S/C11H19BrO3/c1-6-7(2)9(4)15-11(12,8(6)3)10(13)14-5/h6-9H,1-5H3/t6-,7-,8+,9+,11+/m1/s1. The maximum atomic E-state index is 11.7. The SMILES string of the molecule is COC(=O)[C@@]1(Br)O[C@@H](C)[C@H](C)[C@@H](C)[C@@H]1C.